The molecule has 1 unspecified atom stereocenters. The molecule has 4 heteroatoms. The summed E-state index contributed by atoms with van der Waals surface area (Å²) < 4.78 is 0. The zero-order valence-corrected chi connectivity index (χ0v) is 9.72. The maximum absolute atomic E-state index is 11.5. The van der Waals surface area contributed by atoms with Gasteiger partial charge in [0.1, 0.15) is 0 Å². The summed E-state index contributed by atoms with van der Waals surface area (Å²) in [5.41, 5.74) is 0.732. The Morgan fingerprint density at radius 1 is 1.67 bits per heavy atom. The highest BCUT2D eigenvalue weighted by Crippen LogP contribution is 2.06. The molecular weight excluding hydrogens is 210 g/mol. The van der Waals surface area contributed by atoms with Gasteiger partial charge in [-0.05, 0) is 30.2 Å². The molecule has 0 aliphatic heterocycles. The zero-order chi connectivity index (χ0) is 11.1. The van der Waals surface area contributed by atoms with Crippen molar-refractivity contribution in [3.63, 3.8) is 0 Å². The molecule has 15 heavy (non-hydrogen) atoms. The van der Waals surface area contributed by atoms with Gasteiger partial charge in [0, 0.05) is 24.1 Å². The van der Waals surface area contributed by atoms with E-state index >= 15 is 0 Å². The summed E-state index contributed by atoms with van der Waals surface area (Å²) in [6.07, 6.45) is 1.86. The number of aliphatic hydroxyl groups is 1. The SMILES string of the molecule is CC(CO)CCCNC(=O)c1ccsc1. The smallest absolute Gasteiger partial charge is 0.252 e. The van der Waals surface area contributed by atoms with Gasteiger partial charge in [-0.1, -0.05) is 6.92 Å². The second kappa shape index (κ2) is 6.58. The van der Waals surface area contributed by atoms with Crippen molar-refractivity contribution in [2.75, 3.05) is 13.2 Å². The standard InChI is InChI=1S/C11H17NO2S/c1-9(7-13)3-2-5-12-11(14)10-4-6-15-8-10/h4,6,8-9,13H,2-3,5,7H2,1H3,(H,12,14). The van der Waals surface area contributed by atoms with Crippen molar-refractivity contribution in [2.45, 2.75) is 19.8 Å². The Balaban J connectivity index is 2.13. The van der Waals surface area contributed by atoms with Gasteiger partial charge in [-0.2, -0.15) is 11.3 Å². The molecule has 0 saturated carbocycles. The summed E-state index contributed by atoms with van der Waals surface area (Å²) in [4.78, 5) is 11.5. The van der Waals surface area contributed by atoms with Crippen LogP contribution in [0.5, 0.6) is 0 Å². The molecule has 2 N–H and O–H groups in total. The number of amides is 1. The normalized spacial score (nSPS) is 12.4. The van der Waals surface area contributed by atoms with E-state index < -0.39 is 0 Å². The van der Waals surface area contributed by atoms with Crippen molar-refractivity contribution in [3.8, 4) is 0 Å². The van der Waals surface area contributed by atoms with Gasteiger partial charge < -0.3 is 10.4 Å². The molecule has 84 valence electrons. The lowest BCUT2D eigenvalue weighted by Crippen LogP contribution is -2.24. The second-order valence-electron chi connectivity index (χ2n) is 3.70. The Bertz CT molecular complexity index is 285. The summed E-state index contributed by atoms with van der Waals surface area (Å²) in [6.45, 7) is 2.90. The molecule has 0 fully saturated rings. The third-order valence-electron chi connectivity index (χ3n) is 2.25. The molecular formula is C11H17NO2S. The van der Waals surface area contributed by atoms with Crippen LogP contribution in [0.2, 0.25) is 0 Å². The minimum absolute atomic E-state index is 0.00657. The number of carbonyl (C=O) groups excluding carboxylic acids is 1. The molecule has 0 saturated heterocycles. The van der Waals surface area contributed by atoms with Crippen LogP contribution in [0.15, 0.2) is 16.8 Å². The number of carbonyl (C=O) groups is 1. The average molecular weight is 227 g/mol. The van der Waals surface area contributed by atoms with E-state index in [1.165, 1.54) is 11.3 Å². The maximum atomic E-state index is 11.5. The van der Waals surface area contributed by atoms with Crippen LogP contribution >= 0.6 is 11.3 Å². The van der Waals surface area contributed by atoms with E-state index in [0.717, 1.165) is 18.4 Å². The van der Waals surface area contributed by atoms with Crippen LogP contribution < -0.4 is 5.32 Å². The largest absolute Gasteiger partial charge is 0.396 e. The van der Waals surface area contributed by atoms with Crippen molar-refractivity contribution in [2.24, 2.45) is 5.92 Å². The van der Waals surface area contributed by atoms with Crippen LogP contribution in [0.1, 0.15) is 30.1 Å². The van der Waals surface area contributed by atoms with Crippen molar-refractivity contribution in [1.82, 2.24) is 5.32 Å². The van der Waals surface area contributed by atoms with Crippen LogP contribution in [-0.2, 0) is 0 Å². The molecule has 0 spiro atoms. The van der Waals surface area contributed by atoms with E-state index in [4.69, 9.17) is 5.11 Å². The van der Waals surface area contributed by atoms with Gasteiger partial charge in [0.2, 0.25) is 0 Å². The summed E-state index contributed by atoms with van der Waals surface area (Å²) in [7, 11) is 0. The molecule has 0 aliphatic carbocycles. The highest BCUT2D eigenvalue weighted by molar-refractivity contribution is 7.08. The second-order valence-corrected chi connectivity index (χ2v) is 4.48. The lowest BCUT2D eigenvalue weighted by Gasteiger charge is -2.07. The van der Waals surface area contributed by atoms with Gasteiger partial charge in [-0.25, -0.2) is 0 Å². The molecule has 1 amide bonds. The Kier molecular flexibility index (Phi) is 5.36. The third-order valence-corrected chi connectivity index (χ3v) is 2.94. The van der Waals surface area contributed by atoms with E-state index in [2.05, 4.69) is 5.32 Å². The molecule has 1 heterocycles. The number of hydrogen-bond donors (Lipinski definition) is 2. The van der Waals surface area contributed by atoms with Gasteiger partial charge in [-0.15, -0.1) is 0 Å². The topological polar surface area (TPSA) is 49.3 Å². The number of rotatable bonds is 6. The molecule has 3 nitrogen and oxygen atoms in total. The molecule has 0 aliphatic rings. The lowest BCUT2D eigenvalue weighted by molar-refractivity contribution is 0.0952. The predicted octanol–water partition coefficient (Wildman–Crippen LogP) is 1.89. The maximum Gasteiger partial charge on any atom is 0.252 e. The molecule has 0 aromatic carbocycles. The van der Waals surface area contributed by atoms with E-state index in [1.54, 1.807) is 0 Å². The monoisotopic (exact) mass is 227 g/mol. The van der Waals surface area contributed by atoms with E-state index in [1.807, 2.05) is 23.8 Å². The minimum Gasteiger partial charge on any atom is -0.396 e. The first-order valence-corrected chi connectivity index (χ1v) is 6.09. The van der Waals surface area contributed by atoms with Crippen molar-refractivity contribution >= 4 is 17.2 Å². The van der Waals surface area contributed by atoms with Crippen LogP contribution in [0.25, 0.3) is 0 Å². The zero-order valence-electron chi connectivity index (χ0n) is 8.90. The van der Waals surface area contributed by atoms with Crippen molar-refractivity contribution < 1.29 is 9.90 Å². The Morgan fingerprint density at radius 2 is 2.47 bits per heavy atom. The fourth-order valence-corrected chi connectivity index (χ4v) is 1.88. The number of thiophene rings is 1. The number of nitrogens with one attached hydrogen (secondary N) is 1. The first-order valence-electron chi connectivity index (χ1n) is 5.15. The predicted molar refractivity (Wildman–Crippen MR) is 62.1 cm³/mol. The summed E-state index contributed by atoms with van der Waals surface area (Å²) >= 11 is 1.52. The third kappa shape index (κ3) is 4.44. The van der Waals surface area contributed by atoms with Crippen molar-refractivity contribution in [1.29, 1.82) is 0 Å². The first-order chi connectivity index (χ1) is 7.24. The Hall–Kier alpha value is -0.870. The van der Waals surface area contributed by atoms with Gasteiger partial charge in [-0.3, -0.25) is 4.79 Å². The average Bonchev–Trinajstić information content (AvgIpc) is 2.77. The summed E-state index contributed by atoms with van der Waals surface area (Å²) in [6, 6.07) is 1.82. The van der Waals surface area contributed by atoms with Gasteiger partial charge in [0.05, 0.1) is 0 Å². The Morgan fingerprint density at radius 3 is 3.07 bits per heavy atom. The quantitative estimate of drug-likeness (QED) is 0.729. The van der Waals surface area contributed by atoms with Crippen LogP contribution in [0.3, 0.4) is 0 Å². The lowest BCUT2D eigenvalue weighted by atomic mass is 10.1. The molecule has 1 rings (SSSR count). The van der Waals surface area contributed by atoms with Crippen molar-refractivity contribution in [3.05, 3.63) is 22.4 Å². The highest BCUT2D eigenvalue weighted by Gasteiger charge is 2.05. The Labute approximate surface area is 94.1 Å². The molecule has 0 bridgehead atoms. The number of hydrogen-bond acceptors (Lipinski definition) is 3. The fourth-order valence-electron chi connectivity index (χ4n) is 1.24. The van der Waals surface area contributed by atoms with Crippen LogP contribution in [0, 0.1) is 5.92 Å². The minimum atomic E-state index is -0.00657. The molecule has 1 atom stereocenters. The first kappa shape index (κ1) is 12.2. The molecule has 1 aromatic rings. The number of aliphatic hydroxyl groups excluding tert-OH is 1. The van der Waals surface area contributed by atoms with E-state index in [9.17, 15) is 4.79 Å². The van der Waals surface area contributed by atoms with Crippen LogP contribution in [0.4, 0.5) is 0 Å². The molecule has 1 aromatic heterocycles. The molecule has 0 radical (unpaired) electrons. The highest BCUT2D eigenvalue weighted by atomic mass is 32.1. The fraction of sp³-hybridized carbons (Fsp3) is 0.545. The summed E-state index contributed by atoms with van der Waals surface area (Å²) in [5.74, 6) is 0.316. The van der Waals surface area contributed by atoms with E-state index in [0.29, 0.717) is 12.5 Å². The van der Waals surface area contributed by atoms with Gasteiger partial charge in [0.15, 0.2) is 0 Å². The van der Waals surface area contributed by atoms with E-state index in [-0.39, 0.29) is 12.5 Å². The summed E-state index contributed by atoms with van der Waals surface area (Å²) in [5, 5.41) is 15.4. The van der Waals surface area contributed by atoms with Crippen LogP contribution in [-0.4, -0.2) is 24.2 Å². The van der Waals surface area contributed by atoms with Gasteiger partial charge >= 0.3 is 0 Å². The van der Waals surface area contributed by atoms with Gasteiger partial charge in [0.25, 0.3) is 5.91 Å².